The molecule has 0 spiro atoms. The summed E-state index contributed by atoms with van der Waals surface area (Å²) in [6.45, 7) is 4.60. The van der Waals surface area contributed by atoms with Gasteiger partial charge in [-0.1, -0.05) is 42.4 Å². The third-order valence-corrected chi connectivity index (χ3v) is 3.52. The van der Waals surface area contributed by atoms with Crippen LogP contribution in [0, 0.1) is 0 Å². The monoisotopic (exact) mass is 413 g/mol. The quantitative estimate of drug-likeness (QED) is 0.780. The molecule has 6 nitrogen and oxygen atoms in total. The normalized spacial score (nSPS) is 15.2. The van der Waals surface area contributed by atoms with Crippen LogP contribution < -0.4 is 5.32 Å². The molecule has 2 heterocycles. The number of aliphatic imine (C=N–C) groups is 1. The van der Waals surface area contributed by atoms with Gasteiger partial charge < -0.3 is 14.7 Å². The standard InChI is InChI=1S/C15H19N5O.HI/c1-11(10-17-15-16-8-9-20(15)2)14-18-13(19-21-14)12-6-4-3-5-7-12;/h3-7,11H,8-10H2,1-2H3,(H,16,17);1H. The molecular formula is C15H20IN5O. The molecule has 1 aromatic heterocycles. The second-order valence-electron chi connectivity index (χ2n) is 5.23. The van der Waals surface area contributed by atoms with Crippen molar-refractivity contribution in [3.8, 4) is 11.4 Å². The van der Waals surface area contributed by atoms with Gasteiger partial charge in [0.25, 0.3) is 0 Å². The SMILES string of the molecule is CC(CNC1=NCCN1C)c1nc(-c2ccccc2)no1.I. The molecule has 0 radical (unpaired) electrons. The highest BCUT2D eigenvalue weighted by Crippen LogP contribution is 2.19. The van der Waals surface area contributed by atoms with Crippen LogP contribution >= 0.6 is 24.0 Å². The number of hydrogen-bond donors (Lipinski definition) is 1. The molecule has 1 unspecified atom stereocenters. The molecule has 1 aliphatic rings. The number of likely N-dealkylation sites (N-methyl/N-ethyl adjacent to an activating group) is 1. The number of nitrogens with zero attached hydrogens (tertiary/aromatic N) is 4. The zero-order chi connectivity index (χ0) is 14.7. The summed E-state index contributed by atoms with van der Waals surface area (Å²) >= 11 is 0. The first-order valence-corrected chi connectivity index (χ1v) is 7.12. The second kappa shape index (κ2) is 7.57. The van der Waals surface area contributed by atoms with E-state index in [9.17, 15) is 0 Å². The minimum atomic E-state index is 0. The van der Waals surface area contributed by atoms with Gasteiger partial charge in [-0.3, -0.25) is 4.99 Å². The van der Waals surface area contributed by atoms with Gasteiger partial charge in [-0.15, -0.1) is 24.0 Å². The molecule has 0 amide bonds. The van der Waals surface area contributed by atoms with Crippen LogP contribution in [0.1, 0.15) is 18.7 Å². The lowest BCUT2D eigenvalue weighted by Crippen LogP contribution is -2.37. The Bertz CT molecular complexity index is 628. The van der Waals surface area contributed by atoms with Gasteiger partial charge in [-0.05, 0) is 0 Å². The molecule has 0 saturated heterocycles. The predicted octanol–water partition coefficient (Wildman–Crippen LogP) is 2.35. The minimum absolute atomic E-state index is 0. The maximum atomic E-state index is 5.37. The van der Waals surface area contributed by atoms with E-state index in [1.807, 2.05) is 37.4 Å². The molecule has 1 aromatic carbocycles. The summed E-state index contributed by atoms with van der Waals surface area (Å²) in [5, 5.41) is 7.37. The van der Waals surface area contributed by atoms with Gasteiger partial charge in [0.05, 0.1) is 12.5 Å². The summed E-state index contributed by atoms with van der Waals surface area (Å²) in [5.41, 5.74) is 0.965. The fourth-order valence-corrected chi connectivity index (χ4v) is 2.19. The fraction of sp³-hybridized carbons (Fsp3) is 0.400. The maximum absolute atomic E-state index is 5.37. The average molecular weight is 413 g/mol. The van der Waals surface area contributed by atoms with Crippen LogP contribution in [-0.2, 0) is 0 Å². The number of rotatable bonds is 4. The van der Waals surface area contributed by atoms with Crippen molar-refractivity contribution in [3.05, 3.63) is 36.2 Å². The van der Waals surface area contributed by atoms with Crippen molar-refractivity contribution in [2.24, 2.45) is 4.99 Å². The third kappa shape index (κ3) is 3.76. The first kappa shape index (κ1) is 16.7. The molecule has 118 valence electrons. The predicted molar refractivity (Wildman–Crippen MR) is 96.5 cm³/mol. The summed E-state index contributed by atoms with van der Waals surface area (Å²) in [7, 11) is 2.03. The largest absolute Gasteiger partial charge is 0.355 e. The number of aromatic nitrogens is 2. The Morgan fingerprint density at radius 1 is 1.32 bits per heavy atom. The Morgan fingerprint density at radius 3 is 2.77 bits per heavy atom. The van der Waals surface area contributed by atoms with E-state index in [4.69, 9.17) is 4.52 Å². The van der Waals surface area contributed by atoms with Crippen LogP contribution in [0.3, 0.4) is 0 Å². The maximum Gasteiger partial charge on any atom is 0.231 e. The van der Waals surface area contributed by atoms with Gasteiger partial charge in [0.15, 0.2) is 5.96 Å². The summed E-state index contributed by atoms with van der Waals surface area (Å²) in [4.78, 5) is 11.0. The van der Waals surface area contributed by atoms with Crippen molar-refractivity contribution < 1.29 is 4.52 Å². The Morgan fingerprint density at radius 2 is 2.09 bits per heavy atom. The lowest BCUT2D eigenvalue weighted by Gasteiger charge is -2.16. The average Bonchev–Trinajstić information content (AvgIpc) is 3.15. The number of benzene rings is 1. The summed E-state index contributed by atoms with van der Waals surface area (Å²) in [5.74, 6) is 2.34. The number of hydrogen-bond acceptors (Lipinski definition) is 6. The first-order valence-electron chi connectivity index (χ1n) is 7.12. The van der Waals surface area contributed by atoms with Crippen LogP contribution in [0.15, 0.2) is 39.8 Å². The fourth-order valence-electron chi connectivity index (χ4n) is 2.19. The van der Waals surface area contributed by atoms with Crippen LogP contribution in [0.25, 0.3) is 11.4 Å². The molecule has 0 bridgehead atoms. The molecule has 22 heavy (non-hydrogen) atoms. The highest BCUT2D eigenvalue weighted by Gasteiger charge is 2.18. The first-order chi connectivity index (χ1) is 10.2. The molecule has 0 fully saturated rings. The highest BCUT2D eigenvalue weighted by atomic mass is 127. The molecule has 3 rings (SSSR count). The molecule has 0 saturated carbocycles. The van der Waals surface area contributed by atoms with E-state index in [2.05, 4.69) is 32.3 Å². The van der Waals surface area contributed by atoms with Gasteiger partial charge in [0.1, 0.15) is 0 Å². The Hall–Kier alpha value is -1.64. The minimum Gasteiger partial charge on any atom is -0.355 e. The summed E-state index contributed by atoms with van der Waals surface area (Å²) in [6.07, 6.45) is 0. The smallest absolute Gasteiger partial charge is 0.231 e. The Labute approximate surface area is 147 Å². The number of guanidine groups is 1. The lowest BCUT2D eigenvalue weighted by atomic mass is 10.2. The van der Waals surface area contributed by atoms with Crippen LogP contribution in [0.5, 0.6) is 0 Å². The lowest BCUT2D eigenvalue weighted by molar-refractivity contribution is 0.358. The second-order valence-corrected chi connectivity index (χ2v) is 5.23. The van der Waals surface area contributed by atoms with E-state index in [1.54, 1.807) is 0 Å². The van der Waals surface area contributed by atoms with Crippen LogP contribution in [-0.4, -0.2) is 47.7 Å². The molecule has 2 aromatic rings. The third-order valence-electron chi connectivity index (χ3n) is 3.52. The molecule has 1 N–H and O–H groups in total. The molecule has 1 aliphatic heterocycles. The van der Waals surface area contributed by atoms with Crippen LogP contribution in [0.2, 0.25) is 0 Å². The van der Waals surface area contributed by atoms with Gasteiger partial charge in [0, 0.05) is 25.7 Å². The van der Waals surface area contributed by atoms with Crippen molar-refractivity contribution in [3.63, 3.8) is 0 Å². The van der Waals surface area contributed by atoms with Crippen molar-refractivity contribution in [1.29, 1.82) is 0 Å². The topological polar surface area (TPSA) is 66.6 Å². The Kier molecular flexibility index (Phi) is 5.76. The van der Waals surface area contributed by atoms with E-state index in [0.29, 0.717) is 11.7 Å². The van der Waals surface area contributed by atoms with E-state index in [0.717, 1.165) is 31.2 Å². The molecule has 7 heteroatoms. The van der Waals surface area contributed by atoms with Crippen molar-refractivity contribution in [1.82, 2.24) is 20.4 Å². The van der Waals surface area contributed by atoms with Gasteiger partial charge in [0.2, 0.25) is 11.7 Å². The number of nitrogens with one attached hydrogen (secondary N) is 1. The van der Waals surface area contributed by atoms with Gasteiger partial charge >= 0.3 is 0 Å². The van der Waals surface area contributed by atoms with E-state index in [1.165, 1.54) is 0 Å². The molecule has 1 atom stereocenters. The molecular weight excluding hydrogens is 393 g/mol. The zero-order valence-corrected chi connectivity index (χ0v) is 15.0. The summed E-state index contributed by atoms with van der Waals surface area (Å²) < 4.78 is 5.37. The van der Waals surface area contributed by atoms with E-state index in [-0.39, 0.29) is 29.9 Å². The van der Waals surface area contributed by atoms with Gasteiger partial charge in [-0.2, -0.15) is 4.98 Å². The van der Waals surface area contributed by atoms with Crippen LogP contribution in [0.4, 0.5) is 0 Å². The van der Waals surface area contributed by atoms with E-state index >= 15 is 0 Å². The molecule has 0 aliphatic carbocycles. The van der Waals surface area contributed by atoms with Gasteiger partial charge in [-0.25, -0.2) is 0 Å². The van der Waals surface area contributed by atoms with Crippen molar-refractivity contribution in [2.45, 2.75) is 12.8 Å². The van der Waals surface area contributed by atoms with Crippen molar-refractivity contribution >= 4 is 29.9 Å². The van der Waals surface area contributed by atoms with Crippen molar-refractivity contribution in [2.75, 3.05) is 26.7 Å². The van der Waals surface area contributed by atoms with E-state index < -0.39 is 0 Å². The zero-order valence-electron chi connectivity index (χ0n) is 12.7. The number of halogens is 1. The highest BCUT2D eigenvalue weighted by molar-refractivity contribution is 14.0. The Balaban J connectivity index is 0.00000176. The summed E-state index contributed by atoms with van der Waals surface area (Å²) in [6, 6.07) is 9.84.